The van der Waals surface area contributed by atoms with Crippen molar-refractivity contribution in [2.24, 2.45) is 0 Å². The number of aromatic nitrogens is 1. The lowest BCUT2D eigenvalue weighted by Crippen LogP contribution is -1.92. The molecule has 0 bridgehead atoms. The summed E-state index contributed by atoms with van der Waals surface area (Å²) in [5.74, 6) is 0.667. The van der Waals surface area contributed by atoms with Gasteiger partial charge in [-0.3, -0.25) is 0 Å². The number of epoxide rings is 1. The molecular formula is C9H11NO2. The van der Waals surface area contributed by atoms with Crippen molar-refractivity contribution in [1.29, 1.82) is 0 Å². The van der Waals surface area contributed by atoms with E-state index in [0.717, 1.165) is 12.3 Å². The Morgan fingerprint density at radius 3 is 2.92 bits per heavy atom. The van der Waals surface area contributed by atoms with Crippen LogP contribution in [-0.2, 0) is 4.74 Å². The molecule has 1 saturated heterocycles. The van der Waals surface area contributed by atoms with Crippen LogP contribution < -0.4 is 4.74 Å². The highest BCUT2D eigenvalue weighted by molar-refractivity contribution is 5.28. The van der Waals surface area contributed by atoms with Gasteiger partial charge < -0.3 is 9.47 Å². The Morgan fingerprint density at radius 1 is 1.58 bits per heavy atom. The second kappa shape index (κ2) is 2.75. The summed E-state index contributed by atoms with van der Waals surface area (Å²) < 4.78 is 10.2. The van der Waals surface area contributed by atoms with E-state index < -0.39 is 0 Å². The third-order valence-corrected chi connectivity index (χ3v) is 1.87. The van der Waals surface area contributed by atoms with E-state index in [1.807, 2.05) is 19.1 Å². The number of pyridine rings is 1. The molecule has 64 valence electrons. The van der Waals surface area contributed by atoms with Crippen LogP contribution in [-0.4, -0.2) is 18.7 Å². The molecule has 0 spiro atoms. The lowest BCUT2D eigenvalue weighted by molar-refractivity contribution is 0.391. The highest BCUT2D eigenvalue weighted by Crippen LogP contribution is 2.31. The summed E-state index contributed by atoms with van der Waals surface area (Å²) in [6.07, 6.45) is 0.278. The zero-order valence-electron chi connectivity index (χ0n) is 7.20. The van der Waals surface area contributed by atoms with Gasteiger partial charge in [0.1, 0.15) is 6.10 Å². The molecule has 3 heteroatoms. The third-order valence-electron chi connectivity index (χ3n) is 1.87. The second-order valence-electron chi connectivity index (χ2n) is 2.91. The number of aryl methyl sites for hydroxylation is 1. The first-order valence-electron chi connectivity index (χ1n) is 3.94. The number of nitrogens with zero attached hydrogens (tertiary/aromatic N) is 1. The predicted molar refractivity (Wildman–Crippen MR) is 44.2 cm³/mol. The monoisotopic (exact) mass is 165 g/mol. The third kappa shape index (κ3) is 1.41. The zero-order valence-corrected chi connectivity index (χ0v) is 7.20. The quantitative estimate of drug-likeness (QED) is 0.622. The average Bonchev–Trinajstić information content (AvgIpc) is 2.85. The molecule has 0 aromatic carbocycles. The summed E-state index contributed by atoms with van der Waals surface area (Å²) >= 11 is 0. The summed E-state index contributed by atoms with van der Waals surface area (Å²) in [5.41, 5.74) is 2.14. The van der Waals surface area contributed by atoms with Gasteiger partial charge >= 0.3 is 0 Å². The fourth-order valence-corrected chi connectivity index (χ4v) is 1.19. The van der Waals surface area contributed by atoms with Gasteiger partial charge in [-0.15, -0.1) is 0 Å². The molecule has 0 aliphatic carbocycles. The summed E-state index contributed by atoms with van der Waals surface area (Å²) in [4.78, 5) is 4.18. The van der Waals surface area contributed by atoms with Crippen molar-refractivity contribution in [2.75, 3.05) is 13.7 Å². The van der Waals surface area contributed by atoms with Crippen LogP contribution in [0.3, 0.4) is 0 Å². The maximum Gasteiger partial charge on any atom is 0.213 e. The standard InChI is InChI=1S/C9H11NO2/c1-6-3-7(8-5-12-8)4-9(10-6)11-2/h3-4,8H,5H2,1-2H3/t8-/m1/s1. The van der Waals surface area contributed by atoms with Gasteiger partial charge in [0, 0.05) is 11.8 Å². The molecule has 2 heterocycles. The van der Waals surface area contributed by atoms with E-state index >= 15 is 0 Å². The van der Waals surface area contributed by atoms with Crippen molar-refractivity contribution in [3.05, 3.63) is 23.4 Å². The molecule has 1 aliphatic rings. The van der Waals surface area contributed by atoms with Crippen LogP contribution >= 0.6 is 0 Å². The van der Waals surface area contributed by atoms with Gasteiger partial charge in [-0.25, -0.2) is 4.98 Å². The lowest BCUT2D eigenvalue weighted by Gasteiger charge is -2.02. The molecule has 12 heavy (non-hydrogen) atoms. The van der Waals surface area contributed by atoms with Crippen LogP contribution in [0.5, 0.6) is 5.88 Å². The van der Waals surface area contributed by atoms with Gasteiger partial charge in [-0.05, 0) is 18.6 Å². The molecule has 1 aliphatic heterocycles. The van der Waals surface area contributed by atoms with Crippen molar-refractivity contribution in [3.63, 3.8) is 0 Å². The Hall–Kier alpha value is -1.09. The Labute approximate surface area is 71.3 Å². The molecule has 0 unspecified atom stereocenters. The van der Waals surface area contributed by atoms with Crippen LogP contribution in [0.25, 0.3) is 0 Å². The fourth-order valence-electron chi connectivity index (χ4n) is 1.19. The summed E-state index contributed by atoms with van der Waals surface area (Å²) in [6, 6.07) is 3.95. The molecule has 0 saturated carbocycles. The second-order valence-corrected chi connectivity index (χ2v) is 2.91. The Kier molecular flexibility index (Phi) is 1.73. The first kappa shape index (κ1) is 7.55. The van der Waals surface area contributed by atoms with Crippen molar-refractivity contribution >= 4 is 0 Å². The Balaban J connectivity index is 2.34. The number of hydrogen-bond acceptors (Lipinski definition) is 3. The summed E-state index contributed by atoms with van der Waals surface area (Å²) in [7, 11) is 1.62. The van der Waals surface area contributed by atoms with Crippen LogP contribution in [0.1, 0.15) is 17.4 Å². The molecule has 1 atom stereocenters. The summed E-state index contributed by atoms with van der Waals surface area (Å²) in [5, 5.41) is 0. The SMILES string of the molecule is COc1cc([C@H]2CO2)cc(C)n1. The zero-order chi connectivity index (χ0) is 8.55. The van der Waals surface area contributed by atoms with Crippen LogP contribution in [0.4, 0.5) is 0 Å². The minimum Gasteiger partial charge on any atom is -0.481 e. The molecule has 1 fully saturated rings. The van der Waals surface area contributed by atoms with E-state index in [4.69, 9.17) is 9.47 Å². The number of methoxy groups -OCH3 is 1. The summed E-state index contributed by atoms with van der Waals surface area (Å²) in [6.45, 7) is 2.78. The van der Waals surface area contributed by atoms with Gasteiger partial charge in [0.15, 0.2) is 0 Å². The maximum absolute atomic E-state index is 5.17. The van der Waals surface area contributed by atoms with Gasteiger partial charge in [0.05, 0.1) is 13.7 Å². The van der Waals surface area contributed by atoms with Gasteiger partial charge in [0.2, 0.25) is 5.88 Å². The molecular weight excluding hydrogens is 154 g/mol. The van der Waals surface area contributed by atoms with Crippen LogP contribution in [0, 0.1) is 6.92 Å². The maximum atomic E-state index is 5.17. The van der Waals surface area contributed by atoms with Crippen LogP contribution in [0.15, 0.2) is 12.1 Å². The van der Waals surface area contributed by atoms with Gasteiger partial charge in [-0.1, -0.05) is 0 Å². The van der Waals surface area contributed by atoms with E-state index in [0.29, 0.717) is 5.88 Å². The van der Waals surface area contributed by atoms with E-state index in [-0.39, 0.29) is 6.10 Å². The molecule has 0 radical (unpaired) electrons. The first-order valence-corrected chi connectivity index (χ1v) is 3.94. The number of ether oxygens (including phenoxy) is 2. The van der Waals surface area contributed by atoms with Crippen LogP contribution in [0.2, 0.25) is 0 Å². The number of hydrogen-bond donors (Lipinski definition) is 0. The predicted octanol–water partition coefficient (Wildman–Crippen LogP) is 1.47. The smallest absolute Gasteiger partial charge is 0.213 e. The topological polar surface area (TPSA) is 34.6 Å². The van der Waals surface area contributed by atoms with Crippen molar-refractivity contribution in [3.8, 4) is 5.88 Å². The molecule has 0 N–H and O–H groups in total. The average molecular weight is 165 g/mol. The van der Waals surface area contributed by atoms with E-state index in [9.17, 15) is 0 Å². The highest BCUT2D eigenvalue weighted by atomic mass is 16.6. The largest absolute Gasteiger partial charge is 0.481 e. The van der Waals surface area contributed by atoms with E-state index in [2.05, 4.69) is 4.98 Å². The minimum absolute atomic E-state index is 0.278. The molecule has 2 rings (SSSR count). The minimum atomic E-state index is 0.278. The lowest BCUT2D eigenvalue weighted by atomic mass is 10.2. The Morgan fingerprint density at radius 2 is 2.33 bits per heavy atom. The fraction of sp³-hybridized carbons (Fsp3) is 0.444. The first-order chi connectivity index (χ1) is 5.79. The Bertz CT molecular complexity index is 295. The molecule has 3 nitrogen and oxygen atoms in total. The van der Waals surface area contributed by atoms with Crippen molar-refractivity contribution in [2.45, 2.75) is 13.0 Å². The van der Waals surface area contributed by atoms with E-state index in [1.165, 1.54) is 5.56 Å². The highest BCUT2D eigenvalue weighted by Gasteiger charge is 2.25. The van der Waals surface area contributed by atoms with Crippen molar-refractivity contribution in [1.82, 2.24) is 4.98 Å². The molecule has 1 aromatic heterocycles. The van der Waals surface area contributed by atoms with Crippen molar-refractivity contribution < 1.29 is 9.47 Å². The molecule has 1 aromatic rings. The number of rotatable bonds is 2. The van der Waals surface area contributed by atoms with Gasteiger partial charge in [-0.2, -0.15) is 0 Å². The van der Waals surface area contributed by atoms with E-state index in [1.54, 1.807) is 7.11 Å². The molecule has 0 amide bonds. The van der Waals surface area contributed by atoms with Gasteiger partial charge in [0.25, 0.3) is 0 Å². The normalized spacial score (nSPS) is 20.7.